The van der Waals surface area contributed by atoms with Gasteiger partial charge in [0.25, 0.3) is 0 Å². The van der Waals surface area contributed by atoms with Crippen LogP contribution in [0.15, 0.2) is 6.20 Å². The third kappa shape index (κ3) is 3.35. The van der Waals surface area contributed by atoms with E-state index in [4.69, 9.17) is 10.00 Å². The smallest absolute Gasteiger partial charge is 0.223 e. The minimum atomic E-state index is 0.0719. The van der Waals surface area contributed by atoms with Crippen molar-refractivity contribution in [2.24, 2.45) is 0 Å². The van der Waals surface area contributed by atoms with Crippen molar-refractivity contribution in [3.05, 3.63) is 28.7 Å². The topological polar surface area (TPSA) is 83.5 Å². The fraction of sp³-hybridized carbons (Fsp3) is 0.556. The monoisotopic (exact) mass is 341 g/mol. The van der Waals surface area contributed by atoms with Gasteiger partial charge in [-0.15, -0.1) is 0 Å². The maximum Gasteiger partial charge on any atom is 0.223 e. The predicted octanol–water partition coefficient (Wildman–Crippen LogP) is 1.79. The molecule has 0 saturated carbocycles. The highest BCUT2D eigenvalue weighted by molar-refractivity contribution is 5.76. The number of hydrogen-bond acceptors (Lipinski definition) is 5. The number of aryl methyl sites for hydroxylation is 2. The molecule has 1 saturated heterocycles. The molecule has 2 aromatic rings. The third-order valence-electron chi connectivity index (χ3n) is 4.69. The number of carbonyl (C=O) groups is 1. The van der Waals surface area contributed by atoms with Gasteiger partial charge in [0.15, 0.2) is 5.65 Å². The molecule has 7 nitrogen and oxygen atoms in total. The molecule has 0 aromatic carbocycles. The lowest BCUT2D eigenvalue weighted by Crippen LogP contribution is -2.48. The molecule has 3 heterocycles. The molecule has 0 radical (unpaired) electrons. The van der Waals surface area contributed by atoms with E-state index < -0.39 is 0 Å². The molecule has 2 aromatic heterocycles. The van der Waals surface area contributed by atoms with Crippen molar-refractivity contribution in [2.45, 2.75) is 52.7 Å². The highest BCUT2D eigenvalue weighted by Crippen LogP contribution is 2.19. The Bertz CT molecular complexity index is 841. The van der Waals surface area contributed by atoms with Crippen LogP contribution in [0.1, 0.15) is 42.8 Å². The predicted molar refractivity (Wildman–Crippen MR) is 92.1 cm³/mol. The Labute approximate surface area is 147 Å². The average Bonchev–Trinajstić information content (AvgIpc) is 2.96. The zero-order valence-corrected chi connectivity index (χ0v) is 15.1. The van der Waals surface area contributed by atoms with Gasteiger partial charge in [-0.05, 0) is 39.7 Å². The summed E-state index contributed by atoms with van der Waals surface area (Å²) in [5.74, 6) is 0.138. The Kier molecular flexibility index (Phi) is 4.73. The number of nitrogens with zero attached hydrogens (tertiary/aromatic N) is 5. The molecule has 7 heteroatoms. The number of fused-ring (bicyclic) bond motifs is 1. The largest absolute Gasteiger partial charge is 0.372 e. The second-order valence-electron chi connectivity index (χ2n) is 6.72. The number of ether oxygens (including phenoxy) is 1. The Hall–Kier alpha value is -2.46. The average molecular weight is 341 g/mol. The molecule has 1 fully saturated rings. The molecule has 1 aliphatic heterocycles. The number of hydrogen-bond donors (Lipinski definition) is 0. The van der Waals surface area contributed by atoms with Gasteiger partial charge in [0.1, 0.15) is 11.6 Å². The molecule has 0 aliphatic carbocycles. The van der Waals surface area contributed by atoms with E-state index in [0.29, 0.717) is 37.1 Å². The number of carbonyl (C=O) groups excluding carboxylic acids is 1. The van der Waals surface area contributed by atoms with E-state index in [-0.39, 0.29) is 18.1 Å². The zero-order chi connectivity index (χ0) is 18.1. The van der Waals surface area contributed by atoms with E-state index in [1.54, 1.807) is 4.52 Å². The Balaban J connectivity index is 1.77. The minimum Gasteiger partial charge on any atom is -0.372 e. The van der Waals surface area contributed by atoms with Gasteiger partial charge in [-0.3, -0.25) is 4.79 Å². The van der Waals surface area contributed by atoms with Crippen LogP contribution in [0.2, 0.25) is 0 Å². The van der Waals surface area contributed by atoms with Gasteiger partial charge in [-0.2, -0.15) is 10.4 Å². The van der Waals surface area contributed by atoms with Crippen LogP contribution in [-0.2, 0) is 16.0 Å². The maximum absolute atomic E-state index is 12.6. The van der Waals surface area contributed by atoms with Crippen molar-refractivity contribution >= 4 is 11.6 Å². The highest BCUT2D eigenvalue weighted by Gasteiger charge is 2.26. The first-order valence-electron chi connectivity index (χ1n) is 8.57. The quantitative estimate of drug-likeness (QED) is 0.850. The van der Waals surface area contributed by atoms with Gasteiger partial charge in [0.2, 0.25) is 5.91 Å². The van der Waals surface area contributed by atoms with Crippen molar-refractivity contribution in [1.82, 2.24) is 19.5 Å². The van der Waals surface area contributed by atoms with Crippen LogP contribution < -0.4 is 0 Å². The van der Waals surface area contributed by atoms with Crippen LogP contribution in [0.25, 0.3) is 5.65 Å². The summed E-state index contributed by atoms with van der Waals surface area (Å²) >= 11 is 0. The van der Waals surface area contributed by atoms with Crippen molar-refractivity contribution in [2.75, 3.05) is 13.1 Å². The standard InChI is InChI=1S/C18H23N5O2/c1-11-9-22(10-12(2)25-11)17(24)6-5-16-13(3)21-18-15(7-19)8-20-23(18)14(16)4/h8,11-12H,5-6,9-10H2,1-4H3/t11-,12-/m0/s1. The second-order valence-corrected chi connectivity index (χ2v) is 6.72. The van der Waals surface area contributed by atoms with E-state index in [9.17, 15) is 4.79 Å². The summed E-state index contributed by atoms with van der Waals surface area (Å²) in [4.78, 5) is 19.0. The molecule has 0 spiro atoms. The molecule has 1 amide bonds. The van der Waals surface area contributed by atoms with Gasteiger partial charge >= 0.3 is 0 Å². The van der Waals surface area contributed by atoms with Crippen LogP contribution in [0, 0.1) is 25.2 Å². The zero-order valence-electron chi connectivity index (χ0n) is 15.1. The van der Waals surface area contributed by atoms with Gasteiger partial charge in [0.05, 0.1) is 18.4 Å². The molecule has 1 aliphatic rings. The SMILES string of the molecule is Cc1nc2c(C#N)cnn2c(C)c1CCC(=O)N1C[C@H](C)O[C@@H](C)C1. The molecule has 0 bridgehead atoms. The summed E-state index contributed by atoms with van der Waals surface area (Å²) in [6, 6.07) is 2.11. The molecule has 3 rings (SSSR count). The Morgan fingerprint density at radius 3 is 2.68 bits per heavy atom. The van der Waals surface area contributed by atoms with Gasteiger partial charge in [0, 0.05) is 30.9 Å². The van der Waals surface area contributed by atoms with Gasteiger partial charge < -0.3 is 9.64 Å². The first-order valence-corrected chi connectivity index (χ1v) is 8.57. The van der Waals surface area contributed by atoms with Crippen molar-refractivity contribution in [1.29, 1.82) is 5.26 Å². The number of nitriles is 1. The molecular formula is C18H23N5O2. The molecule has 25 heavy (non-hydrogen) atoms. The summed E-state index contributed by atoms with van der Waals surface area (Å²) in [6.07, 6.45) is 2.72. The molecule has 0 N–H and O–H groups in total. The summed E-state index contributed by atoms with van der Waals surface area (Å²) in [5, 5.41) is 13.4. The first kappa shape index (κ1) is 17.4. The molecular weight excluding hydrogens is 318 g/mol. The first-order chi connectivity index (χ1) is 11.9. The van der Waals surface area contributed by atoms with Crippen LogP contribution in [0.4, 0.5) is 0 Å². The Morgan fingerprint density at radius 2 is 2.04 bits per heavy atom. The van der Waals surface area contributed by atoms with Crippen LogP contribution >= 0.6 is 0 Å². The number of morpholine rings is 1. The highest BCUT2D eigenvalue weighted by atomic mass is 16.5. The maximum atomic E-state index is 12.6. The summed E-state index contributed by atoms with van der Waals surface area (Å²) < 4.78 is 7.37. The second kappa shape index (κ2) is 6.81. The summed E-state index contributed by atoms with van der Waals surface area (Å²) in [5.41, 5.74) is 3.83. The van der Waals surface area contributed by atoms with Gasteiger partial charge in [-0.25, -0.2) is 9.50 Å². The third-order valence-corrected chi connectivity index (χ3v) is 4.69. The lowest BCUT2D eigenvalue weighted by atomic mass is 10.1. The van der Waals surface area contributed by atoms with Crippen LogP contribution in [0.5, 0.6) is 0 Å². The van der Waals surface area contributed by atoms with Crippen LogP contribution in [-0.4, -0.2) is 50.7 Å². The molecule has 2 atom stereocenters. The minimum absolute atomic E-state index is 0.0719. The fourth-order valence-corrected chi connectivity index (χ4v) is 3.52. The van der Waals surface area contributed by atoms with E-state index in [1.165, 1.54) is 6.20 Å². The fourth-order valence-electron chi connectivity index (χ4n) is 3.52. The summed E-state index contributed by atoms with van der Waals surface area (Å²) in [6.45, 7) is 9.14. The van der Waals surface area contributed by atoms with Crippen molar-refractivity contribution in [3.63, 3.8) is 0 Å². The lowest BCUT2D eigenvalue weighted by molar-refractivity contribution is -0.143. The normalized spacial score (nSPS) is 20.7. The van der Waals surface area contributed by atoms with E-state index in [1.807, 2.05) is 32.6 Å². The molecule has 0 unspecified atom stereocenters. The number of rotatable bonds is 3. The Morgan fingerprint density at radius 1 is 1.36 bits per heavy atom. The lowest BCUT2D eigenvalue weighted by Gasteiger charge is -2.35. The van der Waals surface area contributed by atoms with E-state index in [2.05, 4.69) is 16.2 Å². The number of aromatic nitrogens is 3. The van der Waals surface area contributed by atoms with Crippen LogP contribution in [0.3, 0.4) is 0 Å². The van der Waals surface area contributed by atoms with E-state index in [0.717, 1.165) is 17.0 Å². The van der Waals surface area contributed by atoms with Crippen molar-refractivity contribution < 1.29 is 9.53 Å². The molecule has 132 valence electrons. The van der Waals surface area contributed by atoms with Crippen molar-refractivity contribution in [3.8, 4) is 6.07 Å². The summed E-state index contributed by atoms with van der Waals surface area (Å²) in [7, 11) is 0. The van der Waals surface area contributed by atoms with Gasteiger partial charge in [-0.1, -0.05) is 0 Å². The number of amides is 1. The van der Waals surface area contributed by atoms with E-state index >= 15 is 0 Å².